The van der Waals surface area contributed by atoms with E-state index >= 15 is 0 Å². The van der Waals surface area contributed by atoms with Gasteiger partial charge in [-0.05, 0) is 94.6 Å². The molecule has 2 unspecified atom stereocenters. The number of nitrogens with one attached hydrogen (secondary N) is 2. The van der Waals surface area contributed by atoms with Gasteiger partial charge < -0.3 is 25.0 Å². The van der Waals surface area contributed by atoms with Crippen molar-refractivity contribution in [2.45, 2.75) is 64.2 Å². The van der Waals surface area contributed by atoms with E-state index in [9.17, 15) is 20.2 Å². The molecule has 0 spiro atoms. The average molecular weight is 716 g/mol. The number of anilines is 3. The largest absolute Gasteiger partial charge is 0.497 e. The molecule has 5 aromatic carbocycles. The topological polar surface area (TPSA) is 132 Å². The molecule has 0 saturated carbocycles. The minimum Gasteiger partial charge on any atom is -0.497 e. The van der Waals surface area contributed by atoms with Crippen LogP contribution in [-0.4, -0.2) is 24.1 Å². The fourth-order valence-electron chi connectivity index (χ4n) is 6.95. The summed E-state index contributed by atoms with van der Waals surface area (Å²) in [6, 6.07) is 33.9. The zero-order chi connectivity index (χ0) is 37.7. The number of nitrogens with zero attached hydrogens (tertiary/aromatic N) is 3. The van der Waals surface area contributed by atoms with E-state index in [4.69, 9.17) is 9.47 Å². The molecule has 0 bridgehead atoms. The van der Waals surface area contributed by atoms with E-state index in [2.05, 4.69) is 60.6 Å². The first kappa shape index (κ1) is 36.7. The Morgan fingerprint density at radius 2 is 1.06 bits per heavy atom. The monoisotopic (exact) mass is 715 g/mol. The fraction of sp³-hybridized carbons (Fsp3) is 0.286. The van der Waals surface area contributed by atoms with Crippen LogP contribution in [0, 0.1) is 20.2 Å². The zero-order valence-corrected chi connectivity index (χ0v) is 30.7. The van der Waals surface area contributed by atoms with Gasteiger partial charge in [-0.2, -0.15) is 0 Å². The number of nitro groups is 2. The van der Waals surface area contributed by atoms with Crippen molar-refractivity contribution in [2.24, 2.45) is 0 Å². The lowest BCUT2D eigenvalue weighted by Crippen LogP contribution is -2.26. The first-order valence-electron chi connectivity index (χ1n) is 17.6. The molecule has 1 fully saturated rings. The van der Waals surface area contributed by atoms with Gasteiger partial charge in [-0.3, -0.25) is 20.2 Å². The fourth-order valence-corrected chi connectivity index (χ4v) is 6.95. The highest BCUT2D eigenvalue weighted by Crippen LogP contribution is 2.49. The minimum atomic E-state index is -0.351. The molecule has 5 aromatic rings. The highest BCUT2D eigenvalue weighted by molar-refractivity contribution is 5.66. The van der Waals surface area contributed by atoms with Crippen LogP contribution in [0.15, 0.2) is 109 Å². The minimum absolute atomic E-state index is 0.00887. The van der Waals surface area contributed by atoms with Crippen LogP contribution in [0.3, 0.4) is 0 Å². The molecule has 6 rings (SSSR count). The highest BCUT2D eigenvalue weighted by atomic mass is 16.6. The Balaban J connectivity index is 1.32. The molecule has 11 heteroatoms. The van der Waals surface area contributed by atoms with Crippen molar-refractivity contribution >= 4 is 28.4 Å². The molecule has 0 aliphatic carbocycles. The summed E-state index contributed by atoms with van der Waals surface area (Å²) in [5.74, 6) is 1.48. The van der Waals surface area contributed by atoms with E-state index in [0.29, 0.717) is 37.3 Å². The summed E-state index contributed by atoms with van der Waals surface area (Å²) >= 11 is 0. The second kappa shape index (κ2) is 15.6. The number of hydrogen-bond donors (Lipinski definition) is 2. The Labute approximate surface area is 309 Å². The third-order valence-electron chi connectivity index (χ3n) is 9.91. The van der Waals surface area contributed by atoms with Crippen molar-refractivity contribution in [3.8, 4) is 11.5 Å². The summed E-state index contributed by atoms with van der Waals surface area (Å²) in [6.07, 6.45) is 1.40. The van der Waals surface area contributed by atoms with Crippen molar-refractivity contribution in [1.82, 2.24) is 0 Å². The quantitative estimate of drug-likeness (QED) is 0.0903. The van der Waals surface area contributed by atoms with Gasteiger partial charge >= 0.3 is 0 Å². The standard InChI is InChI=1S/C42H45N5O6/c1-42(2,3)32-12-14-33(15-13-32)45-38(30-10-20-36(40(24-30)46(48)49)43-26-28-6-16-34(52-4)17-7-28)22-23-39(45)31-11-21-37(41(25-31)47(50)51)44-27-29-8-18-35(53-5)19-9-29/h6-21,24-25,38-39,43-44H,22-23,26-27H2,1-5H3. The first-order chi connectivity index (χ1) is 25.4. The van der Waals surface area contributed by atoms with E-state index in [-0.39, 0.29) is 38.7 Å². The SMILES string of the molecule is COc1ccc(CNc2ccc(C3CCC(c4ccc(NCc5ccc(OC)cc5)c([N+](=O)[O-])c4)N3c3ccc(C(C)(C)C)cc3)cc2[N+](=O)[O-])cc1. The van der Waals surface area contributed by atoms with Gasteiger partial charge in [-0.15, -0.1) is 0 Å². The molecule has 0 amide bonds. The van der Waals surface area contributed by atoms with Crippen LogP contribution < -0.4 is 25.0 Å². The van der Waals surface area contributed by atoms with Gasteiger partial charge in [-0.25, -0.2) is 0 Å². The normalized spacial score (nSPS) is 15.5. The van der Waals surface area contributed by atoms with E-state index < -0.39 is 0 Å². The summed E-state index contributed by atoms with van der Waals surface area (Å²) < 4.78 is 10.5. The highest BCUT2D eigenvalue weighted by Gasteiger charge is 2.37. The molecule has 53 heavy (non-hydrogen) atoms. The molecular formula is C42H45N5O6. The van der Waals surface area contributed by atoms with E-state index in [0.717, 1.165) is 39.4 Å². The number of rotatable bonds is 13. The van der Waals surface area contributed by atoms with Crippen molar-refractivity contribution < 1.29 is 19.3 Å². The summed E-state index contributed by atoms with van der Waals surface area (Å²) in [7, 11) is 3.21. The number of benzene rings is 5. The van der Waals surface area contributed by atoms with Gasteiger partial charge in [0.25, 0.3) is 11.4 Å². The van der Waals surface area contributed by atoms with E-state index in [1.807, 2.05) is 60.7 Å². The predicted molar refractivity (Wildman–Crippen MR) is 209 cm³/mol. The maximum atomic E-state index is 12.4. The summed E-state index contributed by atoms with van der Waals surface area (Å²) in [5.41, 5.74) is 6.45. The first-order valence-corrected chi connectivity index (χ1v) is 17.6. The van der Waals surface area contributed by atoms with Gasteiger partial charge in [0.15, 0.2) is 0 Å². The van der Waals surface area contributed by atoms with Crippen LogP contribution in [0.25, 0.3) is 0 Å². The van der Waals surface area contributed by atoms with Crippen molar-refractivity contribution in [1.29, 1.82) is 0 Å². The lowest BCUT2D eigenvalue weighted by molar-refractivity contribution is -0.384. The molecule has 1 heterocycles. The summed E-state index contributed by atoms with van der Waals surface area (Å²) in [5, 5.41) is 31.3. The predicted octanol–water partition coefficient (Wildman–Crippen LogP) is 10.1. The second-order valence-electron chi connectivity index (χ2n) is 14.3. The molecule has 1 aliphatic heterocycles. The van der Waals surface area contributed by atoms with Crippen molar-refractivity contribution in [3.63, 3.8) is 0 Å². The van der Waals surface area contributed by atoms with Crippen molar-refractivity contribution in [2.75, 3.05) is 29.8 Å². The van der Waals surface area contributed by atoms with Crippen LogP contribution in [0.1, 0.15) is 73.5 Å². The Kier molecular flexibility index (Phi) is 10.8. The summed E-state index contributed by atoms with van der Waals surface area (Å²) in [4.78, 5) is 26.4. The molecule has 274 valence electrons. The number of hydrogen-bond acceptors (Lipinski definition) is 9. The molecule has 2 N–H and O–H groups in total. The summed E-state index contributed by atoms with van der Waals surface area (Å²) in [6.45, 7) is 7.31. The van der Waals surface area contributed by atoms with Crippen LogP contribution in [0.5, 0.6) is 11.5 Å². The number of nitro benzene ring substituents is 2. The van der Waals surface area contributed by atoms with Gasteiger partial charge in [0, 0.05) is 30.9 Å². The third kappa shape index (κ3) is 8.35. The molecular weight excluding hydrogens is 670 g/mol. The Hall–Kier alpha value is -6.10. The van der Waals surface area contributed by atoms with Crippen LogP contribution in [0.4, 0.5) is 28.4 Å². The maximum Gasteiger partial charge on any atom is 0.292 e. The van der Waals surface area contributed by atoms with Crippen LogP contribution in [0.2, 0.25) is 0 Å². The molecule has 1 saturated heterocycles. The lowest BCUT2D eigenvalue weighted by atomic mass is 9.87. The Morgan fingerprint density at radius 1 is 0.642 bits per heavy atom. The molecule has 11 nitrogen and oxygen atoms in total. The van der Waals surface area contributed by atoms with Crippen LogP contribution >= 0.6 is 0 Å². The van der Waals surface area contributed by atoms with Gasteiger partial charge in [0.2, 0.25) is 0 Å². The smallest absolute Gasteiger partial charge is 0.292 e. The zero-order valence-electron chi connectivity index (χ0n) is 30.7. The molecule has 1 aliphatic rings. The van der Waals surface area contributed by atoms with Gasteiger partial charge in [0.1, 0.15) is 22.9 Å². The van der Waals surface area contributed by atoms with Gasteiger partial charge in [-0.1, -0.05) is 69.3 Å². The number of ether oxygens (including phenoxy) is 2. The Morgan fingerprint density at radius 3 is 1.42 bits per heavy atom. The van der Waals surface area contributed by atoms with E-state index in [1.54, 1.807) is 38.5 Å². The maximum absolute atomic E-state index is 12.4. The molecule has 2 atom stereocenters. The molecule has 0 radical (unpaired) electrons. The Bertz CT molecular complexity index is 1940. The van der Waals surface area contributed by atoms with Crippen molar-refractivity contribution in [3.05, 3.63) is 157 Å². The number of methoxy groups -OCH3 is 2. The van der Waals surface area contributed by atoms with E-state index in [1.165, 1.54) is 5.56 Å². The second-order valence-corrected chi connectivity index (χ2v) is 14.3. The average Bonchev–Trinajstić information content (AvgIpc) is 3.61. The molecule has 0 aromatic heterocycles. The lowest BCUT2D eigenvalue weighted by Gasteiger charge is -2.34. The van der Waals surface area contributed by atoms with Gasteiger partial charge in [0.05, 0.1) is 36.1 Å². The third-order valence-corrected chi connectivity index (χ3v) is 9.91. The van der Waals surface area contributed by atoms with Crippen LogP contribution in [-0.2, 0) is 18.5 Å².